The van der Waals surface area contributed by atoms with Crippen molar-refractivity contribution < 1.29 is 9.53 Å². The van der Waals surface area contributed by atoms with Gasteiger partial charge in [-0.3, -0.25) is 0 Å². The molecule has 0 aliphatic carbocycles. The summed E-state index contributed by atoms with van der Waals surface area (Å²) in [6, 6.07) is 5.05. The minimum atomic E-state index is -0.329. The monoisotopic (exact) mass is 303 g/mol. The Morgan fingerprint density at radius 2 is 2.25 bits per heavy atom. The van der Waals surface area contributed by atoms with Crippen LogP contribution >= 0.6 is 27.7 Å². The van der Waals surface area contributed by atoms with E-state index in [4.69, 9.17) is 10.5 Å². The second kappa shape index (κ2) is 6.81. The first-order chi connectivity index (χ1) is 7.63. The molecule has 0 fully saturated rings. The lowest BCUT2D eigenvalue weighted by Gasteiger charge is -2.05. The average Bonchev–Trinajstić information content (AvgIpc) is 2.22. The van der Waals surface area contributed by atoms with Crippen molar-refractivity contribution in [2.75, 3.05) is 23.8 Å². The fraction of sp³-hybridized carbons (Fsp3) is 0.364. The van der Waals surface area contributed by atoms with Crippen LogP contribution in [0.4, 0.5) is 5.69 Å². The molecule has 0 bridgehead atoms. The van der Waals surface area contributed by atoms with Crippen LogP contribution in [0.15, 0.2) is 22.7 Å². The lowest BCUT2D eigenvalue weighted by atomic mass is 10.2. The molecule has 16 heavy (non-hydrogen) atoms. The highest BCUT2D eigenvalue weighted by atomic mass is 79.9. The molecule has 0 saturated heterocycles. The molecule has 0 aliphatic heterocycles. The number of hydrogen-bond donors (Lipinski definition) is 1. The van der Waals surface area contributed by atoms with E-state index in [1.807, 2.05) is 0 Å². The highest BCUT2D eigenvalue weighted by molar-refractivity contribution is 9.10. The fourth-order valence-electron chi connectivity index (χ4n) is 1.15. The molecule has 0 heterocycles. The van der Waals surface area contributed by atoms with Gasteiger partial charge >= 0.3 is 5.97 Å². The molecule has 88 valence electrons. The number of nitrogen functional groups attached to an aromatic ring is 1. The van der Waals surface area contributed by atoms with Crippen LogP contribution in [0.5, 0.6) is 0 Å². The molecule has 2 N–H and O–H groups in total. The maximum absolute atomic E-state index is 11.6. The summed E-state index contributed by atoms with van der Waals surface area (Å²) in [5.41, 5.74) is 6.66. The Labute approximate surface area is 108 Å². The van der Waals surface area contributed by atoms with Gasteiger partial charge in [0.15, 0.2) is 0 Å². The van der Waals surface area contributed by atoms with E-state index in [2.05, 4.69) is 22.9 Å². The highest BCUT2D eigenvalue weighted by Crippen LogP contribution is 2.18. The molecule has 0 aromatic heterocycles. The Morgan fingerprint density at radius 1 is 1.50 bits per heavy atom. The van der Waals surface area contributed by atoms with E-state index in [1.54, 1.807) is 30.0 Å². The molecule has 1 rings (SSSR count). The normalized spacial score (nSPS) is 10.1. The smallest absolute Gasteiger partial charge is 0.338 e. The third-order valence-electron chi connectivity index (χ3n) is 1.82. The summed E-state index contributed by atoms with van der Waals surface area (Å²) in [6.45, 7) is 2.51. The van der Waals surface area contributed by atoms with Crippen LogP contribution in [0.25, 0.3) is 0 Å². The van der Waals surface area contributed by atoms with Gasteiger partial charge in [-0.2, -0.15) is 11.8 Å². The largest absolute Gasteiger partial charge is 0.461 e. The van der Waals surface area contributed by atoms with Crippen LogP contribution in [0, 0.1) is 0 Å². The van der Waals surface area contributed by atoms with Gasteiger partial charge in [0.25, 0.3) is 0 Å². The molecule has 0 spiro atoms. The van der Waals surface area contributed by atoms with E-state index in [1.165, 1.54) is 0 Å². The van der Waals surface area contributed by atoms with Crippen molar-refractivity contribution in [1.82, 2.24) is 0 Å². The van der Waals surface area contributed by atoms with Gasteiger partial charge < -0.3 is 10.5 Å². The van der Waals surface area contributed by atoms with Gasteiger partial charge in [0.1, 0.15) is 6.61 Å². The zero-order chi connectivity index (χ0) is 12.0. The van der Waals surface area contributed by atoms with Crippen LogP contribution in [-0.2, 0) is 4.74 Å². The standard InChI is InChI=1S/C11H14BrNO2S/c1-2-16-4-3-15-11(14)8-5-9(12)7-10(13)6-8/h5-7H,2-4,13H2,1H3. The van der Waals surface area contributed by atoms with Crippen LogP contribution in [0.3, 0.4) is 0 Å². The van der Waals surface area contributed by atoms with Crippen molar-refractivity contribution in [2.24, 2.45) is 0 Å². The maximum Gasteiger partial charge on any atom is 0.338 e. The van der Waals surface area contributed by atoms with Crippen molar-refractivity contribution in [3.63, 3.8) is 0 Å². The Balaban J connectivity index is 2.52. The van der Waals surface area contributed by atoms with Crippen molar-refractivity contribution in [3.05, 3.63) is 28.2 Å². The third-order valence-corrected chi connectivity index (χ3v) is 3.14. The first-order valence-electron chi connectivity index (χ1n) is 4.94. The number of carbonyl (C=O) groups is 1. The molecule has 1 aromatic carbocycles. The number of benzene rings is 1. The number of rotatable bonds is 5. The maximum atomic E-state index is 11.6. The SMILES string of the molecule is CCSCCOC(=O)c1cc(N)cc(Br)c1. The van der Waals surface area contributed by atoms with E-state index in [0.29, 0.717) is 17.9 Å². The lowest BCUT2D eigenvalue weighted by molar-refractivity contribution is 0.0530. The lowest BCUT2D eigenvalue weighted by Crippen LogP contribution is -2.08. The average molecular weight is 304 g/mol. The van der Waals surface area contributed by atoms with E-state index in [9.17, 15) is 4.79 Å². The van der Waals surface area contributed by atoms with Gasteiger partial charge in [-0.25, -0.2) is 4.79 Å². The molecule has 1 aromatic rings. The number of nitrogens with two attached hydrogens (primary N) is 1. The van der Waals surface area contributed by atoms with Gasteiger partial charge in [-0.15, -0.1) is 0 Å². The topological polar surface area (TPSA) is 52.3 Å². The van der Waals surface area contributed by atoms with Gasteiger partial charge in [0.05, 0.1) is 5.56 Å². The number of anilines is 1. The Kier molecular flexibility index (Phi) is 5.69. The van der Waals surface area contributed by atoms with Crippen LogP contribution in [0.1, 0.15) is 17.3 Å². The number of hydrogen-bond acceptors (Lipinski definition) is 4. The van der Waals surface area contributed by atoms with Crippen molar-refractivity contribution in [3.8, 4) is 0 Å². The molecule has 0 aliphatic rings. The zero-order valence-corrected chi connectivity index (χ0v) is 11.4. The Hall–Kier alpha value is -0.680. The summed E-state index contributed by atoms with van der Waals surface area (Å²) in [5.74, 6) is 1.53. The predicted octanol–water partition coefficient (Wildman–Crippen LogP) is 2.94. The molecule has 0 unspecified atom stereocenters. The van der Waals surface area contributed by atoms with Crippen LogP contribution in [0.2, 0.25) is 0 Å². The number of esters is 1. The first-order valence-corrected chi connectivity index (χ1v) is 6.89. The minimum Gasteiger partial charge on any atom is -0.461 e. The fourth-order valence-corrected chi connectivity index (χ4v) is 2.15. The van der Waals surface area contributed by atoms with Crippen molar-refractivity contribution >= 4 is 39.3 Å². The number of halogens is 1. The highest BCUT2D eigenvalue weighted by Gasteiger charge is 2.08. The quantitative estimate of drug-likeness (QED) is 0.516. The van der Waals surface area contributed by atoms with Gasteiger partial charge in [-0.1, -0.05) is 22.9 Å². The van der Waals surface area contributed by atoms with Crippen LogP contribution < -0.4 is 5.73 Å². The second-order valence-corrected chi connectivity index (χ2v) is 5.42. The Bertz CT molecular complexity index is 351. The minimum absolute atomic E-state index is 0.329. The van der Waals surface area contributed by atoms with E-state index < -0.39 is 0 Å². The zero-order valence-electron chi connectivity index (χ0n) is 9.03. The van der Waals surface area contributed by atoms with Crippen molar-refractivity contribution in [2.45, 2.75) is 6.92 Å². The van der Waals surface area contributed by atoms with Gasteiger partial charge in [0, 0.05) is 15.9 Å². The number of carbonyl (C=O) groups excluding carboxylic acids is 1. The first kappa shape index (κ1) is 13.4. The van der Waals surface area contributed by atoms with E-state index in [-0.39, 0.29) is 5.97 Å². The predicted molar refractivity (Wildman–Crippen MR) is 71.8 cm³/mol. The number of thioether (sulfide) groups is 1. The third kappa shape index (κ3) is 4.45. The summed E-state index contributed by atoms with van der Waals surface area (Å²) >= 11 is 5.02. The van der Waals surface area contributed by atoms with E-state index >= 15 is 0 Å². The van der Waals surface area contributed by atoms with Gasteiger partial charge in [0.2, 0.25) is 0 Å². The summed E-state index contributed by atoms with van der Waals surface area (Å²) in [6.07, 6.45) is 0. The number of ether oxygens (including phenoxy) is 1. The van der Waals surface area contributed by atoms with Crippen LogP contribution in [-0.4, -0.2) is 24.1 Å². The summed E-state index contributed by atoms with van der Waals surface area (Å²) in [4.78, 5) is 11.6. The van der Waals surface area contributed by atoms with Gasteiger partial charge in [-0.05, 0) is 24.0 Å². The molecular formula is C11H14BrNO2S. The molecular weight excluding hydrogens is 290 g/mol. The summed E-state index contributed by atoms with van der Waals surface area (Å²) in [7, 11) is 0. The molecule has 0 radical (unpaired) electrons. The Morgan fingerprint density at radius 3 is 2.88 bits per heavy atom. The van der Waals surface area contributed by atoms with E-state index in [0.717, 1.165) is 16.0 Å². The second-order valence-electron chi connectivity index (χ2n) is 3.11. The molecule has 0 atom stereocenters. The molecule has 0 saturated carbocycles. The summed E-state index contributed by atoms with van der Waals surface area (Å²) in [5, 5.41) is 0. The summed E-state index contributed by atoms with van der Waals surface area (Å²) < 4.78 is 5.88. The molecule has 3 nitrogen and oxygen atoms in total. The molecule has 5 heteroatoms. The molecule has 0 amide bonds. The van der Waals surface area contributed by atoms with Crippen molar-refractivity contribution in [1.29, 1.82) is 0 Å².